The summed E-state index contributed by atoms with van der Waals surface area (Å²) in [6, 6.07) is 0. The van der Waals surface area contributed by atoms with Crippen LogP contribution >= 0.6 is 0 Å². The van der Waals surface area contributed by atoms with E-state index in [2.05, 4.69) is 40.5 Å². The van der Waals surface area contributed by atoms with Crippen molar-refractivity contribution in [3.8, 4) is 0 Å². The molecule has 1 aromatic heterocycles. The monoisotopic (exact) mass is 248 g/mol. The smallest absolute Gasteiger partial charge is 0.225 e. The Morgan fingerprint density at radius 2 is 1.89 bits per heavy atom. The average Bonchev–Trinajstić information content (AvgIpc) is 2.41. The SMILES string of the molecule is CCCc1cnc(N2CCN(CC)CC2)nc1C. The highest BCUT2D eigenvalue weighted by molar-refractivity contribution is 5.33. The molecule has 100 valence electrons. The Kier molecular flexibility index (Phi) is 4.53. The molecular weight excluding hydrogens is 224 g/mol. The Hall–Kier alpha value is -1.16. The summed E-state index contributed by atoms with van der Waals surface area (Å²) in [7, 11) is 0. The second-order valence-electron chi connectivity index (χ2n) is 4.95. The van der Waals surface area contributed by atoms with E-state index in [4.69, 9.17) is 0 Å². The number of aromatic nitrogens is 2. The van der Waals surface area contributed by atoms with Gasteiger partial charge in [0.05, 0.1) is 0 Å². The number of nitrogens with zero attached hydrogens (tertiary/aromatic N) is 4. The molecule has 0 amide bonds. The highest BCUT2D eigenvalue weighted by Crippen LogP contribution is 2.14. The number of aryl methyl sites for hydroxylation is 2. The highest BCUT2D eigenvalue weighted by atomic mass is 15.3. The topological polar surface area (TPSA) is 32.3 Å². The molecule has 1 aliphatic rings. The van der Waals surface area contributed by atoms with Crippen molar-refractivity contribution in [2.24, 2.45) is 0 Å². The van der Waals surface area contributed by atoms with Gasteiger partial charge in [-0.15, -0.1) is 0 Å². The molecule has 0 unspecified atom stereocenters. The van der Waals surface area contributed by atoms with Crippen LogP contribution in [0.4, 0.5) is 5.95 Å². The largest absolute Gasteiger partial charge is 0.338 e. The summed E-state index contributed by atoms with van der Waals surface area (Å²) in [5.74, 6) is 0.906. The van der Waals surface area contributed by atoms with Gasteiger partial charge in [0.1, 0.15) is 0 Å². The van der Waals surface area contributed by atoms with E-state index < -0.39 is 0 Å². The Bertz CT molecular complexity index is 383. The van der Waals surface area contributed by atoms with E-state index in [1.807, 2.05) is 6.20 Å². The maximum Gasteiger partial charge on any atom is 0.225 e. The first-order chi connectivity index (χ1) is 8.74. The molecule has 4 heteroatoms. The zero-order valence-electron chi connectivity index (χ0n) is 11.8. The summed E-state index contributed by atoms with van der Waals surface area (Å²) in [6.07, 6.45) is 4.24. The molecule has 1 fully saturated rings. The molecule has 1 aliphatic heterocycles. The van der Waals surface area contributed by atoms with E-state index in [0.29, 0.717) is 0 Å². The average molecular weight is 248 g/mol. The van der Waals surface area contributed by atoms with E-state index in [1.165, 1.54) is 5.56 Å². The molecule has 18 heavy (non-hydrogen) atoms. The van der Waals surface area contributed by atoms with Gasteiger partial charge in [-0.1, -0.05) is 20.3 Å². The van der Waals surface area contributed by atoms with Crippen molar-refractivity contribution >= 4 is 5.95 Å². The summed E-state index contributed by atoms with van der Waals surface area (Å²) in [6.45, 7) is 12.0. The summed E-state index contributed by atoms with van der Waals surface area (Å²) < 4.78 is 0. The van der Waals surface area contributed by atoms with E-state index in [9.17, 15) is 0 Å². The lowest BCUT2D eigenvalue weighted by atomic mass is 10.1. The van der Waals surface area contributed by atoms with Crippen LogP contribution in [0.1, 0.15) is 31.5 Å². The molecule has 2 heterocycles. The van der Waals surface area contributed by atoms with Gasteiger partial charge in [0, 0.05) is 38.1 Å². The molecule has 0 aliphatic carbocycles. The third-order valence-corrected chi connectivity index (χ3v) is 3.69. The summed E-state index contributed by atoms with van der Waals surface area (Å²) in [5.41, 5.74) is 2.42. The van der Waals surface area contributed by atoms with Crippen molar-refractivity contribution in [1.29, 1.82) is 0 Å². The number of hydrogen-bond acceptors (Lipinski definition) is 4. The van der Waals surface area contributed by atoms with Gasteiger partial charge in [-0.3, -0.25) is 0 Å². The predicted octanol–water partition coefficient (Wildman–Crippen LogP) is 1.88. The standard InChI is InChI=1S/C14H24N4/c1-4-6-13-11-15-14(16-12(13)3)18-9-7-17(5-2)8-10-18/h11H,4-10H2,1-3H3. The third-order valence-electron chi connectivity index (χ3n) is 3.69. The van der Waals surface area contributed by atoms with Crippen LogP contribution in [-0.2, 0) is 6.42 Å². The number of likely N-dealkylation sites (N-methyl/N-ethyl adjacent to an activating group) is 1. The zero-order valence-corrected chi connectivity index (χ0v) is 11.8. The quantitative estimate of drug-likeness (QED) is 0.814. The van der Waals surface area contributed by atoms with Crippen molar-refractivity contribution in [1.82, 2.24) is 14.9 Å². The second kappa shape index (κ2) is 6.14. The van der Waals surface area contributed by atoms with Crippen LogP contribution in [0, 0.1) is 6.92 Å². The maximum absolute atomic E-state index is 4.66. The molecule has 0 saturated carbocycles. The third kappa shape index (κ3) is 2.99. The second-order valence-corrected chi connectivity index (χ2v) is 4.95. The minimum atomic E-state index is 0.906. The molecule has 0 N–H and O–H groups in total. The molecule has 0 atom stereocenters. The summed E-state index contributed by atoms with van der Waals surface area (Å²) >= 11 is 0. The summed E-state index contributed by atoms with van der Waals surface area (Å²) in [4.78, 5) is 14.0. The molecule has 1 aromatic rings. The fourth-order valence-electron chi connectivity index (χ4n) is 2.41. The van der Waals surface area contributed by atoms with Gasteiger partial charge in [-0.2, -0.15) is 0 Å². The summed E-state index contributed by atoms with van der Waals surface area (Å²) in [5, 5.41) is 0. The molecule has 1 saturated heterocycles. The van der Waals surface area contributed by atoms with Gasteiger partial charge in [-0.05, 0) is 25.5 Å². The van der Waals surface area contributed by atoms with Gasteiger partial charge < -0.3 is 9.80 Å². The molecular formula is C14H24N4. The molecule has 0 spiro atoms. The minimum absolute atomic E-state index is 0.906. The van der Waals surface area contributed by atoms with E-state index >= 15 is 0 Å². The first kappa shape index (κ1) is 13.3. The number of anilines is 1. The Morgan fingerprint density at radius 3 is 2.44 bits per heavy atom. The van der Waals surface area contributed by atoms with Crippen molar-refractivity contribution in [3.63, 3.8) is 0 Å². The predicted molar refractivity (Wildman–Crippen MR) is 75.1 cm³/mol. The molecule has 4 nitrogen and oxygen atoms in total. The lowest BCUT2D eigenvalue weighted by Crippen LogP contribution is -2.46. The first-order valence-corrected chi connectivity index (χ1v) is 7.04. The lowest BCUT2D eigenvalue weighted by molar-refractivity contribution is 0.270. The van der Waals surface area contributed by atoms with E-state index in [0.717, 1.165) is 57.2 Å². The molecule has 2 rings (SSSR count). The van der Waals surface area contributed by atoms with E-state index in [1.54, 1.807) is 0 Å². The van der Waals surface area contributed by atoms with Crippen LogP contribution < -0.4 is 4.90 Å². The molecule has 0 bridgehead atoms. The fourth-order valence-corrected chi connectivity index (χ4v) is 2.41. The number of piperazine rings is 1. The molecule has 0 aromatic carbocycles. The van der Waals surface area contributed by atoms with Crippen molar-refractivity contribution in [3.05, 3.63) is 17.5 Å². The van der Waals surface area contributed by atoms with Crippen molar-refractivity contribution < 1.29 is 0 Å². The van der Waals surface area contributed by atoms with Gasteiger partial charge >= 0.3 is 0 Å². The Labute approximate surface area is 110 Å². The van der Waals surface area contributed by atoms with Crippen LogP contribution in [0.25, 0.3) is 0 Å². The van der Waals surface area contributed by atoms with Gasteiger partial charge in [0.25, 0.3) is 0 Å². The maximum atomic E-state index is 4.66. The van der Waals surface area contributed by atoms with Crippen LogP contribution in [-0.4, -0.2) is 47.6 Å². The van der Waals surface area contributed by atoms with E-state index in [-0.39, 0.29) is 0 Å². The van der Waals surface area contributed by atoms with Crippen LogP contribution in [0.3, 0.4) is 0 Å². The van der Waals surface area contributed by atoms with Crippen molar-refractivity contribution in [2.75, 3.05) is 37.6 Å². The Morgan fingerprint density at radius 1 is 1.17 bits per heavy atom. The number of hydrogen-bond donors (Lipinski definition) is 0. The van der Waals surface area contributed by atoms with Crippen LogP contribution in [0.15, 0.2) is 6.20 Å². The normalized spacial score (nSPS) is 17.2. The van der Waals surface area contributed by atoms with Crippen LogP contribution in [0.5, 0.6) is 0 Å². The van der Waals surface area contributed by atoms with Crippen LogP contribution in [0.2, 0.25) is 0 Å². The number of rotatable bonds is 4. The fraction of sp³-hybridized carbons (Fsp3) is 0.714. The van der Waals surface area contributed by atoms with Gasteiger partial charge in [-0.25, -0.2) is 9.97 Å². The van der Waals surface area contributed by atoms with Crippen molar-refractivity contribution in [2.45, 2.75) is 33.6 Å². The lowest BCUT2D eigenvalue weighted by Gasteiger charge is -2.34. The highest BCUT2D eigenvalue weighted by Gasteiger charge is 2.18. The molecule has 0 radical (unpaired) electrons. The Balaban J connectivity index is 2.03. The zero-order chi connectivity index (χ0) is 13.0. The first-order valence-electron chi connectivity index (χ1n) is 7.04. The van der Waals surface area contributed by atoms with Gasteiger partial charge in [0.15, 0.2) is 0 Å². The minimum Gasteiger partial charge on any atom is -0.338 e. The van der Waals surface area contributed by atoms with Gasteiger partial charge in [0.2, 0.25) is 5.95 Å².